The lowest BCUT2D eigenvalue weighted by atomic mass is 10.4. The highest BCUT2D eigenvalue weighted by Gasteiger charge is 2.03. The molecule has 6 heteroatoms. The third kappa shape index (κ3) is 5.88. The van der Waals surface area contributed by atoms with Crippen LogP contribution in [0.25, 0.3) is 0 Å². The Morgan fingerprint density at radius 1 is 1.30 bits per heavy atom. The largest absolute Gasteiger partial charge is 0.355 e. The quantitative estimate of drug-likeness (QED) is 0.566. The van der Waals surface area contributed by atoms with Crippen LogP contribution in [0.3, 0.4) is 0 Å². The van der Waals surface area contributed by atoms with Gasteiger partial charge in [-0.25, -0.2) is 4.98 Å². The van der Waals surface area contributed by atoms with Gasteiger partial charge in [-0.15, -0.1) is 11.3 Å². The van der Waals surface area contributed by atoms with Crippen LogP contribution in [0.4, 0.5) is 0 Å². The maximum Gasteiger partial charge on any atom is 0.191 e. The van der Waals surface area contributed by atoms with Gasteiger partial charge < -0.3 is 15.5 Å². The van der Waals surface area contributed by atoms with Gasteiger partial charge in [0.25, 0.3) is 0 Å². The van der Waals surface area contributed by atoms with E-state index in [4.69, 9.17) is 0 Å². The Morgan fingerprint density at radius 2 is 2.05 bits per heavy atom. The average Bonchev–Trinajstić information content (AvgIpc) is 2.95. The molecule has 0 atom stereocenters. The lowest BCUT2D eigenvalue weighted by Gasteiger charge is -2.19. The molecule has 0 fully saturated rings. The van der Waals surface area contributed by atoms with Crippen molar-refractivity contribution in [1.82, 2.24) is 20.5 Å². The SMILES string of the molecule is CCc1cnc(CNC(=NC)NCCN(CC)CC)s1. The molecule has 0 spiro atoms. The van der Waals surface area contributed by atoms with Gasteiger partial charge in [0.05, 0.1) is 6.54 Å². The summed E-state index contributed by atoms with van der Waals surface area (Å²) >= 11 is 1.76. The lowest BCUT2D eigenvalue weighted by Crippen LogP contribution is -2.41. The summed E-state index contributed by atoms with van der Waals surface area (Å²) in [4.78, 5) is 12.3. The molecule has 0 bridgehead atoms. The molecule has 1 rings (SSSR count). The maximum absolute atomic E-state index is 4.39. The van der Waals surface area contributed by atoms with E-state index in [1.807, 2.05) is 6.20 Å². The first-order chi connectivity index (χ1) is 9.73. The zero-order chi connectivity index (χ0) is 14.8. The summed E-state index contributed by atoms with van der Waals surface area (Å²) in [6.07, 6.45) is 3.01. The number of thiazole rings is 1. The van der Waals surface area contributed by atoms with Crippen molar-refractivity contribution in [3.05, 3.63) is 16.1 Å². The van der Waals surface area contributed by atoms with Gasteiger partial charge in [0, 0.05) is 31.2 Å². The van der Waals surface area contributed by atoms with Crippen LogP contribution in [-0.4, -0.2) is 49.1 Å². The number of aromatic nitrogens is 1. The molecule has 1 aromatic rings. The fourth-order valence-electron chi connectivity index (χ4n) is 1.85. The van der Waals surface area contributed by atoms with Crippen LogP contribution >= 0.6 is 11.3 Å². The predicted molar refractivity (Wildman–Crippen MR) is 87.5 cm³/mol. The van der Waals surface area contributed by atoms with Crippen molar-refractivity contribution < 1.29 is 0 Å². The van der Waals surface area contributed by atoms with Crippen molar-refractivity contribution in [2.45, 2.75) is 33.7 Å². The summed E-state index contributed by atoms with van der Waals surface area (Å²) in [5, 5.41) is 7.74. The third-order valence-electron chi connectivity index (χ3n) is 3.20. The first-order valence-electron chi connectivity index (χ1n) is 7.33. The van der Waals surface area contributed by atoms with Gasteiger partial charge in [0.15, 0.2) is 5.96 Å². The fraction of sp³-hybridized carbons (Fsp3) is 0.714. The van der Waals surface area contributed by atoms with Crippen LogP contribution in [0.1, 0.15) is 30.7 Å². The Morgan fingerprint density at radius 3 is 2.60 bits per heavy atom. The van der Waals surface area contributed by atoms with E-state index in [1.54, 1.807) is 18.4 Å². The molecule has 2 N–H and O–H groups in total. The van der Waals surface area contributed by atoms with Crippen LogP contribution in [-0.2, 0) is 13.0 Å². The monoisotopic (exact) mass is 297 g/mol. The minimum absolute atomic E-state index is 0.732. The second-order valence-corrected chi connectivity index (χ2v) is 5.65. The van der Waals surface area contributed by atoms with E-state index in [2.05, 4.69) is 46.3 Å². The van der Waals surface area contributed by atoms with Crippen molar-refractivity contribution in [2.24, 2.45) is 4.99 Å². The first kappa shape index (κ1) is 16.9. The number of guanidine groups is 1. The standard InChI is InChI=1S/C14H27N5S/c1-5-12-10-17-13(20-12)11-18-14(15-4)16-8-9-19(6-2)7-3/h10H,5-9,11H2,1-4H3,(H2,15,16,18). The Labute approximate surface area is 126 Å². The van der Waals surface area contributed by atoms with E-state index in [0.29, 0.717) is 0 Å². The molecule has 0 aromatic carbocycles. The molecule has 0 unspecified atom stereocenters. The van der Waals surface area contributed by atoms with Crippen molar-refractivity contribution in [3.8, 4) is 0 Å². The summed E-state index contributed by atoms with van der Waals surface area (Å²) in [6, 6.07) is 0. The molecular weight excluding hydrogens is 270 g/mol. The number of aliphatic imine (C=N–C) groups is 1. The molecule has 0 aliphatic heterocycles. The molecule has 0 aliphatic rings. The average molecular weight is 297 g/mol. The van der Waals surface area contributed by atoms with Gasteiger partial charge in [-0.2, -0.15) is 0 Å². The Hall–Kier alpha value is -1.14. The van der Waals surface area contributed by atoms with E-state index in [9.17, 15) is 0 Å². The number of nitrogens with one attached hydrogen (secondary N) is 2. The highest BCUT2D eigenvalue weighted by atomic mass is 32.1. The summed E-state index contributed by atoms with van der Waals surface area (Å²) in [7, 11) is 1.80. The highest BCUT2D eigenvalue weighted by Crippen LogP contribution is 2.12. The molecule has 1 aromatic heterocycles. The van der Waals surface area contributed by atoms with Crippen LogP contribution < -0.4 is 10.6 Å². The van der Waals surface area contributed by atoms with Gasteiger partial charge in [-0.3, -0.25) is 4.99 Å². The molecule has 0 radical (unpaired) electrons. The Balaban J connectivity index is 2.29. The number of hydrogen-bond acceptors (Lipinski definition) is 4. The van der Waals surface area contributed by atoms with Gasteiger partial charge in [-0.05, 0) is 19.5 Å². The molecule has 0 aliphatic carbocycles. The van der Waals surface area contributed by atoms with Crippen molar-refractivity contribution >= 4 is 17.3 Å². The molecule has 5 nitrogen and oxygen atoms in total. The topological polar surface area (TPSA) is 52.6 Å². The van der Waals surface area contributed by atoms with E-state index in [1.165, 1.54) is 4.88 Å². The van der Waals surface area contributed by atoms with Crippen LogP contribution in [0.5, 0.6) is 0 Å². The summed E-state index contributed by atoms with van der Waals surface area (Å²) < 4.78 is 0. The van der Waals surface area contributed by atoms with E-state index in [0.717, 1.165) is 50.1 Å². The summed E-state index contributed by atoms with van der Waals surface area (Å²) in [5.74, 6) is 0.838. The maximum atomic E-state index is 4.39. The molecule has 0 saturated carbocycles. The number of hydrogen-bond donors (Lipinski definition) is 2. The molecule has 114 valence electrons. The molecular formula is C14H27N5S. The van der Waals surface area contributed by atoms with E-state index in [-0.39, 0.29) is 0 Å². The van der Waals surface area contributed by atoms with Gasteiger partial charge >= 0.3 is 0 Å². The molecule has 0 saturated heterocycles. The summed E-state index contributed by atoms with van der Waals surface area (Å²) in [6.45, 7) is 11.4. The lowest BCUT2D eigenvalue weighted by molar-refractivity contribution is 0.308. The molecule has 1 heterocycles. The molecule has 20 heavy (non-hydrogen) atoms. The van der Waals surface area contributed by atoms with Crippen LogP contribution in [0.15, 0.2) is 11.2 Å². The predicted octanol–water partition coefficient (Wildman–Crippen LogP) is 1.71. The number of rotatable bonds is 8. The summed E-state index contributed by atoms with van der Waals surface area (Å²) in [5.41, 5.74) is 0. The zero-order valence-electron chi connectivity index (χ0n) is 13.1. The van der Waals surface area contributed by atoms with Crippen molar-refractivity contribution in [2.75, 3.05) is 33.2 Å². The zero-order valence-corrected chi connectivity index (χ0v) is 13.9. The van der Waals surface area contributed by atoms with Crippen molar-refractivity contribution in [3.63, 3.8) is 0 Å². The second-order valence-electron chi connectivity index (χ2n) is 4.45. The second kappa shape index (κ2) is 9.72. The minimum Gasteiger partial charge on any atom is -0.355 e. The van der Waals surface area contributed by atoms with Gasteiger partial charge in [0.2, 0.25) is 0 Å². The number of aryl methyl sites for hydroxylation is 1. The van der Waals surface area contributed by atoms with Crippen molar-refractivity contribution in [1.29, 1.82) is 0 Å². The molecule has 0 amide bonds. The Kier molecular flexibility index (Phi) is 8.22. The van der Waals surface area contributed by atoms with Gasteiger partial charge in [0.1, 0.15) is 5.01 Å². The fourth-order valence-corrected chi connectivity index (χ4v) is 2.65. The normalized spacial score (nSPS) is 11.9. The van der Waals surface area contributed by atoms with Gasteiger partial charge in [-0.1, -0.05) is 20.8 Å². The van der Waals surface area contributed by atoms with E-state index >= 15 is 0 Å². The highest BCUT2D eigenvalue weighted by molar-refractivity contribution is 7.11. The smallest absolute Gasteiger partial charge is 0.191 e. The van der Waals surface area contributed by atoms with Crippen LogP contribution in [0.2, 0.25) is 0 Å². The number of likely N-dealkylation sites (N-methyl/N-ethyl adjacent to an activating group) is 1. The van der Waals surface area contributed by atoms with E-state index < -0.39 is 0 Å². The van der Waals surface area contributed by atoms with Crippen LogP contribution in [0, 0.1) is 0 Å². The Bertz CT molecular complexity index is 398. The minimum atomic E-state index is 0.732. The first-order valence-corrected chi connectivity index (χ1v) is 8.15. The third-order valence-corrected chi connectivity index (χ3v) is 4.34. The number of nitrogens with zero attached hydrogens (tertiary/aromatic N) is 3.